The van der Waals surface area contributed by atoms with Crippen LogP contribution in [0.25, 0.3) is 0 Å². The predicted octanol–water partition coefficient (Wildman–Crippen LogP) is 1.09. The van der Waals surface area contributed by atoms with Crippen molar-refractivity contribution in [3.63, 3.8) is 0 Å². The molecule has 0 spiro atoms. The predicted molar refractivity (Wildman–Crippen MR) is 69.4 cm³/mol. The van der Waals surface area contributed by atoms with E-state index in [4.69, 9.17) is 5.73 Å². The van der Waals surface area contributed by atoms with Crippen LogP contribution in [0.2, 0.25) is 0 Å². The fraction of sp³-hybridized carbons (Fsp3) is 0.364. The van der Waals surface area contributed by atoms with Gasteiger partial charge in [-0.1, -0.05) is 15.9 Å². The number of benzene rings is 1. The summed E-state index contributed by atoms with van der Waals surface area (Å²) < 4.78 is 0.967. The van der Waals surface area contributed by atoms with Crippen molar-refractivity contribution in [2.75, 3.05) is 25.5 Å². The highest BCUT2D eigenvalue weighted by Gasteiger charge is 2.07. The Morgan fingerprint density at radius 2 is 2.19 bits per heavy atom. The molecule has 16 heavy (non-hydrogen) atoms. The third-order valence-corrected chi connectivity index (χ3v) is 2.74. The molecule has 0 fully saturated rings. The first kappa shape index (κ1) is 13.0. The normalized spacial score (nSPS) is 10.0. The van der Waals surface area contributed by atoms with Gasteiger partial charge in [0.05, 0.1) is 6.54 Å². The van der Waals surface area contributed by atoms with E-state index in [1.807, 2.05) is 30.1 Å². The van der Waals surface area contributed by atoms with E-state index in [1.54, 1.807) is 7.05 Å². The van der Waals surface area contributed by atoms with Crippen LogP contribution in [0, 0.1) is 0 Å². The molecule has 0 bridgehead atoms. The van der Waals surface area contributed by atoms with Gasteiger partial charge in [0.15, 0.2) is 0 Å². The highest BCUT2D eigenvalue weighted by molar-refractivity contribution is 9.10. The molecule has 0 atom stereocenters. The first-order chi connectivity index (χ1) is 7.56. The van der Waals surface area contributed by atoms with Crippen molar-refractivity contribution in [1.29, 1.82) is 0 Å². The number of hydrogen-bond donors (Lipinski definition) is 2. The molecule has 88 valence electrons. The second-order valence-corrected chi connectivity index (χ2v) is 4.47. The van der Waals surface area contributed by atoms with Crippen molar-refractivity contribution in [2.24, 2.45) is 5.73 Å². The molecule has 1 rings (SSSR count). The van der Waals surface area contributed by atoms with Crippen LogP contribution in [0.1, 0.15) is 5.56 Å². The minimum atomic E-state index is -0.0169. The second-order valence-electron chi connectivity index (χ2n) is 3.55. The summed E-state index contributed by atoms with van der Waals surface area (Å²) >= 11 is 3.42. The number of carbonyl (C=O) groups excluding carboxylic acids is 1. The molecule has 0 heterocycles. The van der Waals surface area contributed by atoms with Crippen molar-refractivity contribution in [1.82, 2.24) is 5.32 Å². The van der Waals surface area contributed by atoms with Crippen LogP contribution in [0.5, 0.6) is 0 Å². The molecule has 1 aromatic rings. The molecule has 0 unspecified atom stereocenters. The van der Waals surface area contributed by atoms with Crippen molar-refractivity contribution in [3.8, 4) is 0 Å². The number of nitrogens with one attached hydrogen (secondary N) is 1. The van der Waals surface area contributed by atoms with Gasteiger partial charge < -0.3 is 16.0 Å². The van der Waals surface area contributed by atoms with Crippen molar-refractivity contribution in [2.45, 2.75) is 6.54 Å². The van der Waals surface area contributed by atoms with Gasteiger partial charge >= 0.3 is 0 Å². The Balaban J connectivity index is 2.86. The number of anilines is 1. The molecule has 4 nitrogen and oxygen atoms in total. The van der Waals surface area contributed by atoms with Crippen molar-refractivity contribution in [3.05, 3.63) is 28.2 Å². The first-order valence-electron chi connectivity index (χ1n) is 4.98. The van der Waals surface area contributed by atoms with E-state index in [1.165, 1.54) is 0 Å². The number of nitrogens with zero attached hydrogens (tertiary/aromatic N) is 1. The number of hydrogen-bond acceptors (Lipinski definition) is 3. The molecule has 1 amide bonds. The molecular formula is C11H16BrN3O. The average molecular weight is 286 g/mol. The molecule has 0 aliphatic heterocycles. The third-order valence-electron chi connectivity index (χ3n) is 2.28. The lowest BCUT2D eigenvalue weighted by Gasteiger charge is -2.19. The highest BCUT2D eigenvalue weighted by atomic mass is 79.9. The second kappa shape index (κ2) is 5.86. The topological polar surface area (TPSA) is 58.4 Å². The Labute approximate surface area is 104 Å². The van der Waals surface area contributed by atoms with Crippen LogP contribution in [0.4, 0.5) is 5.69 Å². The Bertz CT molecular complexity index is 381. The molecular weight excluding hydrogens is 270 g/mol. The molecule has 0 aliphatic carbocycles. The fourth-order valence-corrected chi connectivity index (χ4v) is 1.89. The van der Waals surface area contributed by atoms with Gasteiger partial charge in [-0.2, -0.15) is 0 Å². The van der Waals surface area contributed by atoms with Gasteiger partial charge in [-0.15, -0.1) is 0 Å². The summed E-state index contributed by atoms with van der Waals surface area (Å²) in [6.45, 7) is 0.817. The number of halogens is 1. The van der Waals surface area contributed by atoms with Crippen LogP contribution in [-0.2, 0) is 11.3 Å². The Kier molecular flexibility index (Phi) is 4.76. The van der Waals surface area contributed by atoms with Crippen LogP contribution < -0.4 is 16.0 Å². The van der Waals surface area contributed by atoms with Gasteiger partial charge in [-0.3, -0.25) is 4.79 Å². The van der Waals surface area contributed by atoms with E-state index < -0.39 is 0 Å². The molecule has 0 saturated heterocycles. The summed E-state index contributed by atoms with van der Waals surface area (Å²) in [6.07, 6.45) is 0. The largest absolute Gasteiger partial charge is 0.365 e. The minimum absolute atomic E-state index is 0.0169. The van der Waals surface area contributed by atoms with Gasteiger partial charge in [0, 0.05) is 30.8 Å². The SMILES string of the molecule is CNC(=O)CN(C)c1cc(Br)cc(CN)c1. The quantitative estimate of drug-likeness (QED) is 0.871. The first-order valence-corrected chi connectivity index (χ1v) is 5.77. The van der Waals surface area contributed by atoms with Gasteiger partial charge in [-0.05, 0) is 23.8 Å². The molecule has 0 aliphatic rings. The summed E-state index contributed by atoms with van der Waals surface area (Å²) in [4.78, 5) is 13.1. The molecule has 5 heteroatoms. The number of rotatable bonds is 4. The van der Waals surface area contributed by atoms with Crippen molar-refractivity contribution >= 4 is 27.5 Å². The van der Waals surface area contributed by atoms with Crippen LogP contribution in [-0.4, -0.2) is 26.5 Å². The van der Waals surface area contributed by atoms with E-state index in [2.05, 4.69) is 21.2 Å². The van der Waals surface area contributed by atoms with Gasteiger partial charge in [0.1, 0.15) is 0 Å². The fourth-order valence-electron chi connectivity index (χ4n) is 1.36. The van der Waals surface area contributed by atoms with Gasteiger partial charge in [-0.25, -0.2) is 0 Å². The molecule has 1 aromatic carbocycles. The van der Waals surface area contributed by atoms with E-state index in [0.29, 0.717) is 13.1 Å². The van der Waals surface area contributed by atoms with E-state index in [-0.39, 0.29) is 5.91 Å². The Hall–Kier alpha value is -1.07. The Morgan fingerprint density at radius 1 is 1.50 bits per heavy atom. The van der Waals surface area contributed by atoms with Crippen molar-refractivity contribution < 1.29 is 4.79 Å². The van der Waals surface area contributed by atoms with E-state index >= 15 is 0 Å². The molecule has 0 aromatic heterocycles. The average Bonchev–Trinajstić information content (AvgIpc) is 2.27. The van der Waals surface area contributed by atoms with E-state index in [0.717, 1.165) is 15.7 Å². The smallest absolute Gasteiger partial charge is 0.239 e. The van der Waals surface area contributed by atoms with Gasteiger partial charge in [0.25, 0.3) is 0 Å². The number of carbonyl (C=O) groups is 1. The standard InChI is InChI=1S/C11H16BrN3O/c1-14-11(16)7-15(2)10-4-8(6-13)3-9(12)5-10/h3-5H,6-7,13H2,1-2H3,(H,14,16). The number of amides is 1. The maximum absolute atomic E-state index is 11.2. The zero-order chi connectivity index (χ0) is 12.1. The summed E-state index contributed by atoms with van der Waals surface area (Å²) in [5.41, 5.74) is 7.60. The maximum atomic E-state index is 11.2. The van der Waals surface area contributed by atoms with Gasteiger partial charge in [0.2, 0.25) is 5.91 Å². The van der Waals surface area contributed by atoms with E-state index in [9.17, 15) is 4.79 Å². The summed E-state index contributed by atoms with van der Waals surface area (Å²) in [7, 11) is 3.50. The number of likely N-dealkylation sites (N-methyl/N-ethyl adjacent to an activating group) is 2. The molecule has 0 radical (unpaired) electrons. The Morgan fingerprint density at radius 3 is 2.75 bits per heavy atom. The highest BCUT2D eigenvalue weighted by Crippen LogP contribution is 2.21. The lowest BCUT2D eigenvalue weighted by Crippen LogP contribution is -2.33. The van der Waals surface area contributed by atoms with Crippen LogP contribution in [0.15, 0.2) is 22.7 Å². The van der Waals surface area contributed by atoms with Crippen LogP contribution >= 0.6 is 15.9 Å². The zero-order valence-electron chi connectivity index (χ0n) is 9.46. The maximum Gasteiger partial charge on any atom is 0.239 e. The lowest BCUT2D eigenvalue weighted by molar-refractivity contribution is -0.119. The van der Waals surface area contributed by atoms with Crippen LogP contribution in [0.3, 0.4) is 0 Å². The summed E-state index contributed by atoms with van der Waals surface area (Å²) in [6, 6.07) is 5.91. The summed E-state index contributed by atoms with van der Waals surface area (Å²) in [5.74, 6) is -0.0169. The number of nitrogens with two attached hydrogens (primary N) is 1. The minimum Gasteiger partial charge on any atom is -0.365 e. The lowest BCUT2D eigenvalue weighted by atomic mass is 10.2. The summed E-state index contributed by atoms with van der Waals surface area (Å²) in [5, 5.41) is 2.59. The third kappa shape index (κ3) is 3.50. The monoisotopic (exact) mass is 285 g/mol. The molecule has 0 saturated carbocycles. The zero-order valence-corrected chi connectivity index (χ0v) is 11.0. The molecule has 3 N–H and O–H groups in total.